The minimum Gasteiger partial charge on any atom is -0.367 e. The second kappa shape index (κ2) is 6.56. The fraction of sp³-hybridized carbons (Fsp3) is 0.167. The van der Waals surface area contributed by atoms with Crippen LogP contribution >= 0.6 is 11.6 Å². The molecule has 0 aliphatic rings. The van der Waals surface area contributed by atoms with Crippen LogP contribution < -0.4 is 10.6 Å². The number of para-hydroxylation sites is 1. The Morgan fingerprint density at radius 2 is 2.18 bits per heavy atom. The number of anilines is 1. The van der Waals surface area contributed by atoms with Crippen molar-refractivity contribution in [2.45, 2.75) is 12.1 Å². The molecule has 1 amide bonds. The van der Waals surface area contributed by atoms with Gasteiger partial charge in [-0.2, -0.15) is 5.26 Å². The first-order valence-electron chi connectivity index (χ1n) is 4.96. The van der Waals surface area contributed by atoms with Gasteiger partial charge in [-0.1, -0.05) is 29.8 Å². The fourth-order valence-electron chi connectivity index (χ4n) is 1.33. The monoisotopic (exact) mass is 249 g/mol. The van der Waals surface area contributed by atoms with Gasteiger partial charge in [-0.3, -0.25) is 4.79 Å². The van der Waals surface area contributed by atoms with Crippen molar-refractivity contribution in [2.24, 2.45) is 0 Å². The van der Waals surface area contributed by atoms with Crippen molar-refractivity contribution in [3.05, 3.63) is 41.9 Å². The SMILES string of the molecule is C=CC(NC=O)C(C#N)Nc1ccccc1Cl. The van der Waals surface area contributed by atoms with Crippen LogP contribution in [0.25, 0.3) is 0 Å². The van der Waals surface area contributed by atoms with Crippen LogP contribution in [0.2, 0.25) is 5.02 Å². The van der Waals surface area contributed by atoms with Gasteiger partial charge in [0, 0.05) is 0 Å². The van der Waals surface area contributed by atoms with Crippen LogP contribution in [-0.4, -0.2) is 18.5 Å². The highest BCUT2D eigenvalue weighted by atomic mass is 35.5. The molecule has 0 heterocycles. The van der Waals surface area contributed by atoms with E-state index in [0.29, 0.717) is 17.1 Å². The summed E-state index contributed by atoms with van der Waals surface area (Å²) in [6.07, 6.45) is 2.02. The molecule has 0 fully saturated rings. The number of hydrogen-bond donors (Lipinski definition) is 2. The number of hydrogen-bond acceptors (Lipinski definition) is 3. The van der Waals surface area contributed by atoms with Crippen LogP contribution in [0, 0.1) is 11.3 Å². The van der Waals surface area contributed by atoms with Crippen molar-refractivity contribution in [3.63, 3.8) is 0 Å². The molecule has 2 atom stereocenters. The lowest BCUT2D eigenvalue weighted by Crippen LogP contribution is -2.41. The van der Waals surface area contributed by atoms with E-state index in [1.807, 2.05) is 0 Å². The molecule has 0 aliphatic carbocycles. The van der Waals surface area contributed by atoms with Crippen LogP contribution in [-0.2, 0) is 4.79 Å². The molecule has 4 nitrogen and oxygen atoms in total. The summed E-state index contributed by atoms with van der Waals surface area (Å²) >= 11 is 5.96. The summed E-state index contributed by atoms with van der Waals surface area (Å²) in [6.45, 7) is 3.57. The summed E-state index contributed by atoms with van der Waals surface area (Å²) in [5, 5.41) is 15.0. The molecule has 0 aromatic heterocycles. The molecule has 0 saturated heterocycles. The Bertz CT molecular complexity index is 442. The van der Waals surface area contributed by atoms with E-state index >= 15 is 0 Å². The van der Waals surface area contributed by atoms with Crippen molar-refractivity contribution >= 4 is 23.7 Å². The number of carbonyl (C=O) groups is 1. The van der Waals surface area contributed by atoms with Gasteiger partial charge in [-0.05, 0) is 12.1 Å². The number of nitrogens with one attached hydrogen (secondary N) is 2. The average Bonchev–Trinajstić information content (AvgIpc) is 2.35. The first-order valence-corrected chi connectivity index (χ1v) is 5.33. The summed E-state index contributed by atoms with van der Waals surface area (Å²) in [7, 11) is 0. The van der Waals surface area contributed by atoms with E-state index in [9.17, 15) is 4.79 Å². The Kier molecular flexibility index (Phi) is 5.05. The lowest BCUT2D eigenvalue weighted by molar-refractivity contribution is -0.109. The summed E-state index contributed by atoms with van der Waals surface area (Å²) in [6, 6.07) is 8.02. The van der Waals surface area contributed by atoms with Gasteiger partial charge in [0.15, 0.2) is 0 Å². The third-order valence-electron chi connectivity index (χ3n) is 2.20. The zero-order valence-corrected chi connectivity index (χ0v) is 9.82. The van der Waals surface area contributed by atoms with E-state index in [4.69, 9.17) is 16.9 Å². The molecule has 2 unspecified atom stereocenters. The molecular formula is C12H12ClN3O. The molecule has 5 heteroatoms. The van der Waals surface area contributed by atoms with E-state index in [-0.39, 0.29) is 0 Å². The van der Waals surface area contributed by atoms with Crippen LogP contribution in [0.1, 0.15) is 0 Å². The quantitative estimate of drug-likeness (QED) is 0.598. The molecule has 0 spiro atoms. The molecule has 1 aromatic rings. The van der Waals surface area contributed by atoms with Gasteiger partial charge in [0.05, 0.1) is 22.8 Å². The van der Waals surface area contributed by atoms with E-state index in [0.717, 1.165) is 0 Å². The Hall–Kier alpha value is -1.99. The standard InChI is InChI=1S/C12H12ClN3O/c1-2-10(15-8-17)12(7-14)16-11-6-4-3-5-9(11)13/h2-6,8,10,12,16H,1H2,(H,15,17). The molecule has 0 saturated carbocycles. The number of amides is 1. The van der Waals surface area contributed by atoms with E-state index in [1.165, 1.54) is 6.08 Å². The number of nitrogens with zero attached hydrogens (tertiary/aromatic N) is 1. The van der Waals surface area contributed by atoms with Crippen molar-refractivity contribution in [1.82, 2.24) is 5.32 Å². The Labute approximate surface area is 105 Å². The zero-order chi connectivity index (χ0) is 12.7. The van der Waals surface area contributed by atoms with Gasteiger partial charge in [0.2, 0.25) is 6.41 Å². The lowest BCUT2D eigenvalue weighted by Gasteiger charge is -2.20. The molecule has 0 radical (unpaired) electrons. The maximum atomic E-state index is 10.4. The number of halogens is 1. The third-order valence-corrected chi connectivity index (χ3v) is 2.53. The second-order valence-corrected chi connectivity index (χ2v) is 3.68. The van der Waals surface area contributed by atoms with Gasteiger partial charge in [-0.25, -0.2) is 0 Å². The minimum atomic E-state index is -0.627. The smallest absolute Gasteiger partial charge is 0.207 e. The summed E-state index contributed by atoms with van der Waals surface area (Å²) in [4.78, 5) is 10.4. The minimum absolute atomic E-state index is 0.478. The molecular weight excluding hydrogens is 238 g/mol. The van der Waals surface area contributed by atoms with Crippen LogP contribution in [0.5, 0.6) is 0 Å². The van der Waals surface area contributed by atoms with Crippen molar-refractivity contribution < 1.29 is 4.79 Å². The fourth-order valence-corrected chi connectivity index (χ4v) is 1.52. The second-order valence-electron chi connectivity index (χ2n) is 3.28. The molecule has 88 valence electrons. The van der Waals surface area contributed by atoms with Gasteiger partial charge >= 0.3 is 0 Å². The van der Waals surface area contributed by atoms with Crippen molar-refractivity contribution in [3.8, 4) is 6.07 Å². The third kappa shape index (κ3) is 3.51. The lowest BCUT2D eigenvalue weighted by atomic mass is 10.1. The normalized spacial score (nSPS) is 12.9. The largest absolute Gasteiger partial charge is 0.367 e. The highest BCUT2D eigenvalue weighted by Gasteiger charge is 2.18. The Morgan fingerprint density at radius 3 is 2.71 bits per heavy atom. The molecule has 17 heavy (non-hydrogen) atoms. The molecule has 0 aliphatic heterocycles. The highest BCUT2D eigenvalue weighted by Crippen LogP contribution is 2.21. The first kappa shape index (κ1) is 13.1. The maximum Gasteiger partial charge on any atom is 0.207 e. The molecule has 1 aromatic carbocycles. The first-order chi connectivity index (χ1) is 8.22. The Balaban J connectivity index is 2.83. The maximum absolute atomic E-state index is 10.4. The van der Waals surface area contributed by atoms with Gasteiger partial charge in [0.25, 0.3) is 0 Å². The predicted octanol–water partition coefficient (Wildman–Crippen LogP) is 1.94. The van der Waals surface area contributed by atoms with Crippen LogP contribution in [0.3, 0.4) is 0 Å². The molecule has 1 rings (SSSR count). The van der Waals surface area contributed by atoms with Gasteiger partial charge in [0.1, 0.15) is 6.04 Å². The van der Waals surface area contributed by atoms with E-state index < -0.39 is 12.1 Å². The Morgan fingerprint density at radius 1 is 1.47 bits per heavy atom. The van der Waals surface area contributed by atoms with Crippen LogP contribution in [0.4, 0.5) is 5.69 Å². The van der Waals surface area contributed by atoms with Gasteiger partial charge < -0.3 is 10.6 Å². The summed E-state index contributed by atoms with van der Waals surface area (Å²) in [5.41, 5.74) is 0.639. The highest BCUT2D eigenvalue weighted by molar-refractivity contribution is 6.33. The average molecular weight is 250 g/mol. The van der Waals surface area contributed by atoms with E-state index in [1.54, 1.807) is 24.3 Å². The van der Waals surface area contributed by atoms with Gasteiger partial charge in [-0.15, -0.1) is 6.58 Å². The van der Waals surface area contributed by atoms with Crippen molar-refractivity contribution in [2.75, 3.05) is 5.32 Å². The molecule has 0 bridgehead atoms. The van der Waals surface area contributed by atoms with Crippen LogP contribution in [0.15, 0.2) is 36.9 Å². The molecule has 2 N–H and O–H groups in total. The zero-order valence-electron chi connectivity index (χ0n) is 9.06. The predicted molar refractivity (Wildman–Crippen MR) is 67.7 cm³/mol. The summed E-state index contributed by atoms with van der Waals surface area (Å²) in [5.74, 6) is 0. The van der Waals surface area contributed by atoms with E-state index in [2.05, 4.69) is 23.3 Å². The van der Waals surface area contributed by atoms with Crippen molar-refractivity contribution in [1.29, 1.82) is 5.26 Å². The number of benzene rings is 1. The summed E-state index contributed by atoms with van der Waals surface area (Å²) < 4.78 is 0. The number of rotatable bonds is 6. The number of carbonyl (C=O) groups excluding carboxylic acids is 1. The topological polar surface area (TPSA) is 64.9 Å². The number of nitriles is 1.